The number of hydrogen-bond donors (Lipinski definition) is 1. The van der Waals surface area contributed by atoms with Crippen molar-refractivity contribution in [1.82, 2.24) is 5.32 Å². The summed E-state index contributed by atoms with van der Waals surface area (Å²) in [5.74, 6) is 0.196. The third-order valence-electron chi connectivity index (χ3n) is 1.86. The summed E-state index contributed by atoms with van der Waals surface area (Å²) in [7, 11) is 1.53. The van der Waals surface area contributed by atoms with Crippen molar-refractivity contribution in [3.63, 3.8) is 0 Å². The predicted octanol–water partition coefficient (Wildman–Crippen LogP) is 0.890. The average Bonchev–Trinajstić information content (AvgIpc) is 2.19. The second-order valence-corrected chi connectivity index (χ2v) is 2.78. The van der Waals surface area contributed by atoms with Gasteiger partial charge in [-0.1, -0.05) is 6.07 Å². The quantitative estimate of drug-likeness (QED) is 0.725. The molecule has 1 aromatic rings. The van der Waals surface area contributed by atoms with Crippen molar-refractivity contribution in [2.45, 2.75) is 6.92 Å². The molecule has 4 nitrogen and oxygen atoms in total. The molecule has 1 rings (SSSR count). The van der Waals surface area contributed by atoms with Crippen molar-refractivity contribution in [2.75, 3.05) is 7.11 Å². The maximum atomic E-state index is 11.2. The Morgan fingerprint density at radius 1 is 1.50 bits per heavy atom. The molecule has 14 heavy (non-hydrogen) atoms. The highest BCUT2D eigenvalue weighted by molar-refractivity contribution is 6.00. The molecule has 0 fully saturated rings. The number of ether oxygens (including phenoxy) is 1. The lowest BCUT2D eigenvalue weighted by molar-refractivity contribution is -0.108. The van der Waals surface area contributed by atoms with Crippen molar-refractivity contribution >= 4 is 12.3 Å². The average molecular weight is 193 g/mol. The molecule has 0 aliphatic carbocycles. The second-order valence-electron chi connectivity index (χ2n) is 2.78. The van der Waals surface area contributed by atoms with Crippen molar-refractivity contribution in [3.05, 3.63) is 29.3 Å². The Kier molecular flexibility index (Phi) is 3.23. The summed E-state index contributed by atoms with van der Waals surface area (Å²) in [6.07, 6.45) is 0.356. The Morgan fingerprint density at radius 3 is 2.79 bits per heavy atom. The van der Waals surface area contributed by atoms with Crippen molar-refractivity contribution in [3.8, 4) is 5.75 Å². The molecule has 0 aliphatic rings. The summed E-state index contributed by atoms with van der Waals surface area (Å²) < 4.78 is 5.05. The van der Waals surface area contributed by atoms with Crippen LogP contribution in [0.25, 0.3) is 0 Å². The first-order valence-electron chi connectivity index (χ1n) is 4.08. The second kappa shape index (κ2) is 4.41. The van der Waals surface area contributed by atoms with Crippen LogP contribution in [0.2, 0.25) is 0 Å². The summed E-state index contributed by atoms with van der Waals surface area (Å²) in [5.41, 5.74) is 1.34. The smallest absolute Gasteiger partial charge is 0.257 e. The summed E-state index contributed by atoms with van der Waals surface area (Å²) in [4.78, 5) is 21.3. The number of carbonyl (C=O) groups excluding carboxylic acids is 2. The molecule has 1 N–H and O–H groups in total. The van der Waals surface area contributed by atoms with Gasteiger partial charge < -0.3 is 4.74 Å². The highest BCUT2D eigenvalue weighted by atomic mass is 16.5. The van der Waals surface area contributed by atoms with E-state index in [4.69, 9.17) is 4.74 Å². The first-order chi connectivity index (χ1) is 6.69. The lowest BCUT2D eigenvalue weighted by atomic mass is 10.1. The molecule has 1 aromatic carbocycles. The van der Waals surface area contributed by atoms with E-state index in [1.807, 2.05) is 6.92 Å². The van der Waals surface area contributed by atoms with E-state index < -0.39 is 5.91 Å². The van der Waals surface area contributed by atoms with E-state index in [-0.39, 0.29) is 0 Å². The molecule has 0 spiro atoms. The van der Waals surface area contributed by atoms with Crippen LogP contribution in [0.15, 0.2) is 18.2 Å². The minimum atomic E-state index is -0.432. The Balaban J connectivity index is 2.99. The fourth-order valence-corrected chi connectivity index (χ4v) is 1.10. The van der Waals surface area contributed by atoms with E-state index in [9.17, 15) is 9.59 Å². The molecular weight excluding hydrogens is 182 g/mol. The fourth-order valence-electron chi connectivity index (χ4n) is 1.10. The number of rotatable bonds is 3. The van der Waals surface area contributed by atoms with E-state index >= 15 is 0 Å². The largest absolute Gasteiger partial charge is 0.496 e. The van der Waals surface area contributed by atoms with Gasteiger partial charge in [-0.2, -0.15) is 0 Å². The summed E-state index contributed by atoms with van der Waals surface area (Å²) >= 11 is 0. The predicted molar refractivity (Wildman–Crippen MR) is 51.3 cm³/mol. The molecule has 0 atom stereocenters. The number of methoxy groups -OCH3 is 1. The molecule has 0 unspecified atom stereocenters. The topological polar surface area (TPSA) is 55.4 Å². The van der Waals surface area contributed by atoms with Gasteiger partial charge in [-0.05, 0) is 24.6 Å². The van der Waals surface area contributed by atoms with Crippen molar-refractivity contribution in [1.29, 1.82) is 0 Å². The molecule has 0 radical (unpaired) electrons. The minimum Gasteiger partial charge on any atom is -0.496 e. The molecule has 2 amide bonds. The Hall–Kier alpha value is -1.84. The van der Waals surface area contributed by atoms with Crippen LogP contribution in [-0.2, 0) is 4.79 Å². The number of hydrogen-bond acceptors (Lipinski definition) is 3. The molecule has 4 heteroatoms. The number of benzene rings is 1. The summed E-state index contributed by atoms with van der Waals surface area (Å²) in [6, 6.07) is 4.99. The van der Waals surface area contributed by atoms with Gasteiger partial charge in [0.1, 0.15) is 5.75 Å². The van der Waals surface area contributed by atoms with E-state index in [1.165, 1.54) is 7.11 Å². The molecule has 0 saturated carbocycles. The molecule has 74 valence electrons. The van der Waals surface area contributed by atoms with Gasteiger partial charge in [-0.15, -0.1) is 0 Å². The van der Waals surface area contributed by atoms with Crippen LogP contribution in [-0.4, -0.2) is 19.4 Å². The molecular formula is C10H11NO3. The Labute approximate surface area is 81.9 Å². The van der Waals surface area contributed by atoms with E-state index in [1.54, 1.807) is 18.2 Å². The van der Waals surface area contributed by atoms with Crippen LogP contribution >= 0.6 is 0 Å². The zero-order valence-electron chi connectivity index (χ0n) is 8.03. The van der Waals surface area contributed by atoms with E-state index in [2.05, 4.69) is 5.32 Å². The monoisotopic (exact) mass is 193 g/mol. The van der Waals surface area contributed by atoms with Gasteiger partial charge in [0.15, 0.2) is 0 Å². The van der Waals surface area contributed by atoms with E-state index in [0.717, 1.165) is 5.56 Å². The van der Waals surface area contributed by atoms with Gasteiger partial charge in [0.05, 0.1) is 7.11 Å². The van der Waals surface area contributed by atoms with Crippen LogP contribution in [0.4, 0.5) is 0 Å². The van der Waals surface area contributed by atoms with Gasteiger partial charge in [-0.3, -0.25) is 14.9 Å². The number of imide groups is 1. The van der Waals surface area contributed by atoms with Crippen molar-refractivity contribution in [2.24, 2.45) is 0 Å². The zero-order chi connectivity index (χ0) is 10.6. The zero-order valence-corrected chi connectivity index (χ0v) is 8.03. The van der Waals surface area contributed by atoms with Crippen molar-refractivity contribution < 1.29 is 14.3 Å². The normalized spacial score (nSPS) is 9.29. The number of nitrogens with one attached hydrogen (secondary N) is 1. The molecule has 0 bridgehead atoms. The first kappa shape index (κ1) is 10.2. The molecule has 0 aromatic heterocycles. The standard InChI is InChI=1S/C10H11NO3/c1-7-3-4-8(5-9(7)14-2)10(13)11-6-12/h3-6H,1-2H3,(H,11,12,13). The van der Waals surface area contributed by atoms with Crippen LogP contribution in [0.5, 0.6) is 5.75 Å². The maximum Gasteiger partial charge on any atom is 0.257 e. The fraction of sp³-hybridized carbons (Fsp3) is 0.200. The summed E-state index contributed by atoms with van der Waals surface area (Å²) in [6.45, 7) is 1.88. The van der Waals surface area contributed by atoms with Gasteiger partial charge in [-0.25, -0.2) is 0 Å². The van der Waals surface area contributed by atoms with Gasteiger partial charge >= 0.3 is 0 Å². The first-order valence-corrected chi connectivity index (χ1v) is 4.08. The molecule has 0 aliphatic heterocycles. The number of aryl methyl sites for hydroxylation is 1. The van der Waals surface area contributed by atoms with Crippen LogP contribution < -0.4 is 10.1 Å². The lowest BCUT2D eigenvalue weighted by Gasteiger charge is -2.05. The highest BCUT2D eigenvalue weighted by Crippen LogP contribution is 2.18. The maximum absolute atomic E-state index is 11.2. The number of carbonyl (C=O) groups is 2. The SMILES string of the molecule is COc1cc(C(=O)NC=O)ccc1C. The Morgan fingerprint density at radius 2 is 2.21 bits per heavy atom. The molecule has 0 saturated heterocycles. The van der Waals surface area contributed by atoms with Crippen LogP contribution in [0.1, 0.15) is 15.9 Å². The van der Waals surface area contributed by atoms with Gasteiger partial charge in [0.2, 0.25) is 6.41 Å². The van der Waals surface area contributed by atoms with Crippen LogP contribution in [0, 0.1) is 6.92 Å². The number of amides is 2. The lowest BCUT2D eigenvalue weighted by Crippen LogP contribution is -2.21. The molecule has 0 heterocycles. The Bertz CT molecular complexity index is 360. The highest BCUT2D eigenvalue weighted by Gasteiger charge is 2.06. The minimum absolute atomic E-state index is 0.356. The third-order valence-corrected chi connectivity index (χ3v) is 1.86. The summed E-state index contributed by atoms with van der Waals surface area (Å²) in [5, 5.41) is 2.06. The van der Waals surface area contributed by atoms with Gasteiger partial charge in [0.25, 0.3) is 5.91 Å². The third kappa shape index (κ3) is 2.10. The van der Waals surface area contributed by atoms with Crippen LogP contribution in [0.3, 0.4) is 0 Å². The van der Waals surface area contributed by atoms with E-state index in [0.29, 0.717) is 17.7 Å². The van der Waals surface area contributed by atoms with Gasteiger partial charge in [0, 0.05) is 5.56 Å².